The Kier molecular flexibility index (Phi) is 3.50. The molecule has 16 heavy (non-hydrogen) atoms. The van der Waals surface area contributed by atoms with Crippen molar-refractivity contribution in [3.63, 3.8) is 0 Å². The highest BCUT2D eigenvalue weighted by Gasteiger charge is 2.00. The average molecular weight is 219 g/mol. The molecule has 84 valence electrons. The van der Waals surface area contributed by atoms with Gasteiger partial charge in [0.25, 0.3) is 0 Å². The molecule has 1 aromatic heterocycles. The second-order valence-corrected chi connectivity index (χ2v) is 3.40. The lowest BCUT2D eigenvalue weighted by Gasteiger charge is -2.05. The maximum atomic E-state index is 9.51. The minimum atomic E-state index is 0.314. The summed E-state index contributed by atoms with van der Waals surface area (Å²) in [5.74, 6) is 0.999. The molecule has 1 heterocycles. The monoisotopic (exact) mass is 219 g/mol. The van der Waals surface area contributed by atoms with Gasteiger partial charge >= 0.3 is 0 Å². The third kappa shape index (κ3) is 2.80. The molecule has 0 radical (unpaired) electrons. The van der Waals surface area contributed by atoms with Gasteiger partial charge in [-0.1, -0.05) is 23.4 Å². The molecule has 2 rings (SSSR count). The van der Waals surface area contributed by atoms with Gasteiger partial charge < -0.3 is 14.9 Å². The van der Waals surface area contributed by atoms with Gasteiger partial charge in [-0.15, -0.1) is 0 Å². The number of hydrogen-bond donors (Lipinski definition) is 2. The van der Waals surface area contributed by atoms with E-state index in [0.29, 0.717) is 24.5 Å². The lowest BCUT2D eigenvalue weighted by Crippen LogP contribution is -2.17. The van der Waals surface area contributed by atoms with Crippen molar-refractivity contribution in [3.05, 3.63) is 42.0 Å². The van der Waals surface area contributed by atoms with Crippen LogP contribution >= 0.6 is 0 Å². The fourth-order valence-corrected chi connectivity index (χ4v) is 1.39. The summed E-state index contributed by atoms with van der Waals surface area (Å²) < 4.78 is 4.62. The van der Waals surface area contributed by atoms with Gasteiger partial charge in [-0.05, 0) is 6.07 Å². The molecule has 0 aliphatic rings. The summed E-state index contributed by atoms with van der Waals surface area (Å²) in [6.07, 6.45) is 2.03. The SMILES string of the molecule is Oc1ccccc1CNCCc1ncon1. The van der Waals surface area contributed by atoms with Crippen molar-refractivity contribution >= 4 is 0 Å². The summed E-state index contributed by atoms with van der Waals surface area (Å²) in [4.78, 5) is 3.91. The third-order valence-electron chi connectivity index (χ3n) is 2.24. The Balaban J connectivity index is 1.74. The second-order valence-electron chi connectivity index (χ2n) is 3.40. The van der Waals surface area contributed by atoms with E-state index in [-0.39, 0.29) is 0 Å². The number of phenols is 1. The van der Waals surface area contributed by atoms with Crippen LogP contribution < -0.4 is 5.32 Å². The summed E-state index contributed by atoms with van der Waals surface area (Å²) in [6, 6.07) is 7.26. The Hall–Kier alpha value is -1.88. The van der Waals surface area contributed by atoms with Crippen molar-refractivity contribution in [2.24, 2.45) is 0 Å². The van der Waals surface area contributed by atoms with Gasteiger partial charge in [0.2, 0.25) is 6.39 Å². The van der Waals surface area contributed by atoms with Crippen molar-refractivity contribution in [1.29, 1.82) is 0 Å². The van der Waals surface area contributed by atoms with Crippen LogP contribution in [0.4, 0.5) is 0 Å². The van der Waals surface area contributed by atoms with Gasteiger partial charge in [0.05, 0.1) is 0 Å². The van der Waals surface area contributed by atoms with E-state index < -0.39 is 0 Å². The molecule has 5 nitrogen and oxygen atoms in total. The van der Waals surface area contributed by atoms with Gasteiger partial charge in [-0.2, -0.15) is 4.98 Å². The Labute approximate surface area is 93.1 Å². The van der Waals surface area contributed by atoms with Gasteiger partial charge in [0.1, 0.15) is 5.75 Å². The normalized spacial score (nSPS) is 10.5. The van der Waals surface area contributed by atoms with Crippen molar-refractivity contribution < 1.29 is 9.63 Å². The average Bonchev–Trinajstić information content (AvgIpc) is 2.79. The molecule has 0 aliphatic heterocycles. The van der Waals surface area contributed by atoms with Crippen molar-refractivity contribution in [2.75, 3.05) is 6.54 Å². The molecule has 0 aliphatic carbocycles. The molecule has 0 bridgehead atoms. The van der Waals surface area contributed by atoms with Crippen LogP contribution in [0.1, 0.15) is 11.4 Å². The number of benzene rings is 1. The molecule has 5 heteroatoms. The molecule has 0 unspecified atom stereocenters. The summed E-state index contributed by atoms with van der Waals surface area (Å²) in [5, 5.41) is 16.4. The van der Waals surface area contributed by atoms with Crippen LogP contribution in [0.2, 0.25) is 0 Å². The Morgan fingerprint density at radius 3 is 2.94 bits per heavy atom. The van der Waals surface area contributed by atoms with Crippen LogP contribution in [0.3, 0.4) is 0 Å². The topological polar surface area (TPSA) is 71.2 Å². The zero-order valence-electron chi connectivity index (χ0n) is 8.76. The Bertz CT molecular complexity index is 429. The fourth-order valence-electron chi connectivity index (χ4n) is 1.39. The number of rotatable bonds is 5. The zero-order chi connectivity index (χ0) is 11.2. The number of phenolic OH excluding ortho intramolecular Hbond substituents is 1. The van der Waals surface area contributed by atoms with E-state index in [4.69, 9.17) is 0 Å². The van der Waals surface area contributed by atoms with Gasteiger partial charge in [0.15, 0.2) is 5.82 Å². The molecule has 0 fully saturated rings. The van der Waals surface area contributed by atoms with E-state index in [2.05, 4.69) is 20.0 Å². The number of nitrogens with one attached hydrogen (secondary N) is 1. The highest BCUT2D eigenvalue weighted by atomic mass is 16.5. The first-order valence-corrected chi connectivity index (χ1v) is 5.09. The Morgan fingerprint density at radius 2 is 2.19 bits per heavy atom. The van der Waals surface area contributed by atoms with Crippen molar-refractivity contribution in [3.8, 4) is 5.75 Å². The highest BCUT2D eigenvalue weighted by molar-refractivity contribution is 5.31. The molecule has 2 aromatic rings. The van der Waals surface area contributed by atoms with Crippen LogP contribution in [0.5, 0.6) is 5.75 Å². The van der Waals surface area contributed by atoms with Crippen LogP contribution in [0, 0.1) is 0 Å². The molecule has 0 amide bonds. The predicted octanol–water partition coefficient (Wildman–Crippen LogP) is 1.11. The fraction of sp³-hybridized carbons (Fsp3) is 0.273. The maximum absolute atomic E-state index is 9.51. The first-order valence-electron chi connectivity index (χ1n) is 5.09. The summed E-state index contributed by atoms with van der Waals surface area (Å²) in [5.41, 5.74) is 0.885. The van der Waals surface area contributed by atoms with E-state index in [9.17, 15) is 5.11 Å². The van der Waals surface area contributed by atoms with Gasteiger partial charge in [0, 0.05) is 25.1 Å². The molecule has 0 saturated heterocycles. The molecule has 1 aromatic carbocycles. The van der Waals surface area contributed by atoms with E-state index >= 15 is 0 Å². The number of para-hydroxylation sites is 1. The third-order valence-corrected chi connectivity index (χ3v) is 2.24. The van der Waals surface area contributed by atoms with E-state index in [0.717, 1.165) is 12.1 Å². The first kappa shape index (κ1) is 10.6. The van der Waals surface area contributed by atoms with Crippen LogP contribution in [0.25, 0.3) is 0 Å². The lowest BCUT2D eigenvalue weighted by atomic mass is 10.2. The van der Waals surface area contributed by atoms with Crippen molar-refractivity contribution in [2.45, 2.75) is 13.0 Å². The largest absolute Gasteiger partial charge is 0.508 e. The number of hydrogen-bond acceptors (Lipinski definition) is 5. The smallest absolute Gasteiger partial charge is 0.213 e. The Morgan fingerprint density at radius 1 is 1.31 bits per heavy atom. The molecular formula is C11H13N3O2. The van der Waals surface area contributed by atoms with Crippen molar-refractivity contribution in [1.82, 2.24) is 15.5 Å². The molecule has 0 saturated carbocycles. The second kappa shape index (κ2) is 5.27. The lowest BCUT2D eigenvalue weighted by molar-refractivity contribution is 0.409. The number of aromatic nitrogens is 2. The summed E-state index contributed by atoms with van der Waals surface area (Å²) in [6.45, 7) is 1.37. The van der Waals surface area contributed by atoms with E-state index in [1.807, 2.05) is 12.1 Å². The van der Waals surface area contributed by atoms with Gasteiger partial charge in [-0.25, -0.2) is 0 Å². The minimum absolute atomic E-state index is 0.314. The van der Waals surface area contributed by atoms with Gasteiger partial charge in [-0.3, -0.25) is 0 Å². The standard InChI is InChI=1S/C11H13N3O2/c15-10-4-2-1-3-9(10)7-12-6-5-11-13-8-16-14-11/h1-4,8,12,15H,5-7H2. The zero-order valence-corrected chi connectivity index (χ0v) is 8.76. The predicted molar refractivity (Wildman–Crippen MR) is 57.8 cm³/mol. The number of nitrogens with zero attached hydrogens (tertiary/aromatic N) is 2. The van der Waals surface area contributed by atoms with Crippen LogP contribution in [-0.2, 0) is 13.0 Å². The first-order chi connectivity index (χ1) is 7.86. The van der Waals surface area contributed by atoms with E-state index in [1.165, 1.54) is 6.39 Å². The minimum Gasteiger partial charge on any atom is -0.508 e. The summed E-state index contributed by atoms with van der Waals surface area (Å²) >= 11 is 0. The van der Waals surface area contributed by atoms with E-state index in [1.54, 1.807) is 12.1 Å². The molecule has 0 atom stereocenters. The van der Waals surface area contributed by atoms with Crippen LogP contribution in [-0.4, -0.2) is 21.8 Å². The quantitative estimate of drug-likeness (QED) is 0.737. The highest BCUT2D eigenvalue weighted by Crippen LogP contribution is 2.14. The molecule has 0 spiro atoms. The number of aromatic hydroxyl groups is 1. The maximum Gasteiger partial charge on any atom is 0.213 e. The summed E-state index contributed by atoms with van der Waals surface area (Å²) in [7, 11) is 0. The van der Waals surface area contributed by atoms with Crippen LogP contribution in [0.15, 0.2) is 35.2 Å². The molecular weight excluding hydrogens is 206 g/mol. The molecule has 2 N–H and O–H groups in total.